The highest BCUT2D eigenvalue weighted by Gasteiger charge is 2.37. The molecule has 4 amide bonds. The number of halogens is 1. The van der Waals surface area contributed by atoms with E-state index in [9.17, 15) is 19.2 Å². The molecule has 0 spiro atoms. The lowest BCUT2D eigenvalue weighted by Crippen LogP contribution is -2.31. The molecule has 0 saturated heterocycles. The van der Waals surface area contributed by atoms with Gasteiger partial charge in [-0.3, -0.25) is 19.3 Å². The number of nitrogens with zero attached hydrogens (tertiary/aromatic N) is 1. The smallest absolute Gasteiger partial charge is 0.404 e. The van der Waals surface area contributed by atoms with Crippen molar-refractivity contribution in [1.82, 2.24) is 10.2 Å². The monoisotopic (exact) mass is 421 g/mol. The highest BCUT2D eigenvalue weighted by Crippen LogP contribution is 2.30. The van der Waals surface area contributed by atoms with Gasteiger partial charge in [0.2, 0.25) is 0 Å². The van der Waals surface area contributed by atoms with E-state index in [2.05, 4.69) is 10.6 Å². The molecule has 28 heavy (non-hydrogen) atoms. The Balaban J connectivity index is 1.71. The fraction of sp³-hybridized carbons (Fsp3) is 0.222. The molecule has 0 unspecified atom stereocenters. The van der Waals surface area contributed by atoms with Gasteiger partial charge < -0.3 is 15.7 Å². The van der Waals surface area contributed by atoms with Gasteiger partial charge in [-0.1, -0.05) is 17.7 Å². The number of hydrogen-bond donors (Lipinski definition) is 3. The molecular formula is C18H16ClN3O5S. The molecule has 8 nitrogen and oxygen atoms in total. The lowest BCUT2D eigenvalue weighted by atomic mass is 10.1. The summed E-state index contributed by atoms with van der Waals surface area (Å²) in [7, 11) is 0. The normalized spacial score (nSPS) is 12.8. The van der Waals surface area contributed by atoms with Crippen molar-refractivity contribution in [3.05, 3.63) is 50.7 Å². The number of nitrogens with one attached hydrogen (secondary N) is 2. The lowest BCUT2D eigenvalue weighted by molar-refractivity contribution is 0.0651. The van der Waals surface area contributed by atoms with Crippen molar-refractivity contribution in [1.29, 1.82) is 0 Å². The summed E-state index contributed by atoms with van der Waals surface area (Å²) >= 11 is 6.96. The summed E-state index contributed by atoms with van der Waals surface area (Å²) in [6.45, 7) is 0.407. The Hall–Kier alpha value is -2.91. The molecule has 2 heterocycles. The molecule has 0 fully saturated rings. The first-order valence-electron chi connectivity index (χ1n) is 8.41. The first-order valence-corrected chi connectivity index (χ1v) is 9.60. The Morgan fingerprint density at radius 2 is 1.89 bits per heavy atom. The van der Waals surface area contributed by atoms with Crippen molar-refractivity contribution < 1.29 is 24.3 Å². The van der Waals surface area contributed by atoms with Crippen molar-refractivity contribution in [3.63, 3.8) is 0 Å². The Morgan fingerprint density at radius 3 is 2.57 bits per heavy atom. The van der Waals surface area contributed by atoms with Gasteiger partial charge in [-0.2, -0.15) is 0 Å². The summed E-state index contributed by atoms with van der Waals surface area (Å²) in [5.74, 6) is -1.32. The quantitative estimate of drug-likeness (QED) is 0.468. The number of anilines is 1. The van der Waals surface area contributed by atoms with E-state index in [-0.39, 0.29) is 29.9 Å². The maximum atomic E-state index is 12.7. The number of rotatable bonds is 7. The van der Waals surface area contributed by atoms with Crippen LogP contribution in [0.1, 0.15) is 43.2 Å². The minimum atomic E-state index is -1.12. The second kappa shape index (κ2) is 8.41. The van der Waals surface area contributed by atoms with Gasteiger partial charge in [-0.25, -0.2) is 4.79 Å². The zero-order valence-corrected chi connectivity index (χ0v) is 16.1. The molecule has 1 aliphatic rings. The summed E-state index contributed by atoms with van der Waals surface area (Å²) in [5.41, 5.74) is 0.656. The van der Waals surface area contributed by atoms with Crippen LogP contribution in [0.4, 0.5) is 10.5 Å². The number of imide groups is 1. The number of amides is 4. The largest absolute Gasteiger partial charge is 0.465 e. The van der Waals surface area contributed by atoms with Crippen molar-refractivity contribution in [2.24, 2.45) is 0 Å². The molecule has 0 aliphatic carbocycles. The molecule has 0 radical (unpaired) electrons. The molecule has 0 bridgehead atoms. The summed E-state index contributed by atoms with van der Waals surface area (Å²) in [4.78, 5) is 49.6. The molecule has 3 rings (SSSR count). The van der Waals surface area contributed by atoms with Crippen molar-refractivity contribution in [2.75, 3.05) is 18.4 Å². The Labute approximate surface area is 169 Å². The fourth-order valence-electron chi connectivity index (χ4n) is 2.85. The minimum Gasteiger partial charge on any atom is -0.465 e. The maximum Gasteiger partial charge on any atom is 0.404 e. The molecular weight excluding hydrogens is 406 g/mol. The molecule has 0 saturated carbocycles. The predicted molar refractivity (Wildman–Crippen MR) is 104 cm³/mol. The van der Waals surface area contributed by atoms with Gasteiger partial charge in [-0.05, 0) is 37.1 Å². The van der Waals surface area contributed by atoms with Crippen LogP contribution in [0.5, 0.6) is 0 Å². The third kappa shape index (κ3) is 4.15. The molecule has 10 heteroatoms. The van der Waals surface area contributed by atoms with E-state index in [1.54, 1.807) is 30.3 Å². The van der Waals surface area contributed by atoms with Gasteiger partial charge >= 0.3 is 6.09 Å². The van der Waals surface area contributed by atoms with Crippen molar-refractivity contribution >= 4 is 52.4 Å². The third-order valence-corrected chi connectivity index (χ3v) is 5.36. The van der Waals surface area contributed by atoms with E-state index >= 15 is 0 Å². The van der Waals surface area contributed by atoms with Crippen LogP contribution in [0.25, 0.3) is 0 Å². The van der Waals surface area contributed by atoms with E-state index in [1.807, 2.05) is 0 Å². The van der Waals surface area contributed by atoms with Crippen LogP contribution in [0.15, 0.2) is 30.3 Å². The lowest BCUT2D eigenvalue weighted by Gasteiger charge is -2.13. The number of carboxylic acid groups (broad SMARTS) is 1. The van der Waals surface area contributed by atoms with Crippen LogP contribution in [0.2, 0.25) is 4.34 Å². The standard InChI is InChI=1S/C18H16ClN3O5S/c19-13-7-6-12(28-13)15(23)21-11-5-3-4-10-14(11)17(25)22(16(10)24)9-2-1-8-20-18(26)27/h3-7,20H,1-2,8-9H2,(H,21,23)(H,26,27). The highest BCUT2D eigenvalue weighted by atomic mass is 35.5. The number of unbranched alkanes of at least 4 members (excludes halogenated alkanes) is 1. The molecule has 1 aromatic carbocycles. The SMILES string of the molecule is O=C(O)NCCCCN1C(=O)c2cccc(NC(=O)c3ccc(Cl)s3)c2C1=O. The number of benzene rings is 1. The van der Waals surface area contributed by atoms with Crippen molar-refractivity contribution in [2.45, 2.75) is 12.8 Å². The predicted octanol–water partition coefficient (Wildman–Crippen LogP) is 3.30. The number of carbonyl (C=O) groups is 4. The third-order valence-electron chi connectivity index (χ3n) is 4.13. The Kier molecular flexibility index (Phi) is 5.96. The molecule has 146 valence electrons. The number of hydrogen-bond acceptors (Lipinski definition) is 5. The van der Waals surface area contributed by atoms with Gasteiger partial charge in [0.05, 0.1) is 26.0 Å². The molecule has 2 aromatic rings. The van der Waals surface area contributed by atoms with Gasteiger partial charge in [-0.15, -0.1) is 11.3 Å². The first-order chi connectivity index (χ1) is 13.4. The molecule has 1 aromatic heterocycles. The zero-order valence-electron chi connectivity index (χ0n) is 14.5. The van der Waals surface area contributed by atoms with Gasteiger partial charge in [0.1, 0.15) is 0 Å². The van der Waals surface area contributed by atoms with E-state index in [0.717, 1.165) is 16.2 Å². The highest BCUT2D eigenvalue weighted by molar-refractivity contribution is 7.18. The Bertz CT molecular complexity index is 958. The Morgan fingerprint density at radius 1 is 1.11 bits per heavy atom. The number of thiophene rings is 1. The van der Waals surface area contributed by atoms with Gasteiger partial charge in [0, 0.05) is 13.1 Å². The van der Waals surface area contributed by atoms with E-state index in [4.69, 9.17) is 16.7 Å². The summed E-state index contributed by atoms with van der Waals surface area (Å²) in [6, 6.07) is 7.89. The molecule has 1 aliphatic heterocycles. The number of fused-ring (bicyclic) bond motifs is 1. The van der Waals surface area contributed by atoms with E-state index in [0.29, 0.717) is 22.1 Å². The van der Waals surface area contributed by atoms with Crippen LogP contribution < -0.4 is 10.6 Å². The number of carbonyl (C=O) groups excluding carboxylic acids is 3. The van der Waals surface area contributed by atoms with Gasteiger partial charge in [0.15, 0.2) is 0 Å². The zero-order chi connectivity index (χ0) is 20.3. The fourth-order valence-corrected chi connectivity index (χ4v) is 3.79. The molecule has 3 N–H and O–H groups in total. The van der Waals surface area contributed by atoms with Gasteiger partial charge in [0.25, 0.3) is 17.7 Å². The minimum absolute atomic E-state index is 0.159. The van der Waals surface area contributed by atoms with Crippen LogP contribution in [-0.4, -0.2) is 46.9 Å². The second-order valence-electron chi connectivity index (χ2n) is 5.99. The summed E-state index contributed by atoms with van der Waals surface area (Å²) < 4.78 is 0.471. The average molecular weight is 422 g/mol. The first kappa shape index (κ1) is 19.8. The average Bonchev–Trinajstić information content (AvgIpc) is 3.19. The topological polar surface area (TPSA) is 116 Å². The van der Waals surface area contributed by atoms with Crippen LogP contribution in [0, 0.1) is 0 Å². The molecule has 0 atom stereocenters. The second-order valence-corrected chi connectivity index (χ2v) is 7.70. The van der Waals surface area contributed by atoms with Crippen molar-refractivity contribution in [3.8, 4) is 0 Å². The van der Waals surface area contributed by atoms with Crippen LogP contribution in [0.3, 0.4) is 0 Å². The van der Waals surface area contributed by atoms with E-state index < -0.39 is 23.8 Å². The van der Waals surface area contributed by atoms with E-state index in [1.165, 1.54) is 0 Å². The van der Waals surface area contributed by atoms with Crippen LogP contribution >= 0.6 is 22.9 Å². The summed E-state index contributed by atoms with van der Waals surface area (Å²) in [5, 5.41) is 13.4. The maximum absolute atomic E-state index is 12.7. The summed E-state index contributed by atoms with van der Waals surface area (Å²) in [6.07, 6.45) is -0.169. The van der Waals surface area contributed by atoms with Crippen LogP contribution in [-0.2, 0) is 0 Å².